The van der Waals surface area contributed by atoms with Crippen LogP contribution in [-0.2, 0) is 16.4 Å². The molecule has 2 rings (SSSR count). The minimum Gasteiger partial charge on any atom is -0.507 e. The Balaban J connectivity index is 2.00. The molecule has 2 N–H and O–H groups in total. The summed E-state index contributed by atoms with van der Waals surface area (Å²) < 4.78 is 24.8. The van der Waals surface area contributed by atoms with Gasteiger partial charge in [-0.15, -0.1) is 0 Å². The maximum Gasteiger partial charge on any atom is 0.179 e. The van der Waals surface area contributed by atoms with Gasteiger partial charge in [-0.25, -0.2) is 8.42 Å². The molecular formula is C18H23NO3S. The highest BCUT2D eigenvalue weighted by molar-refractivity contribution is 7.91. The first-order chi connectivity index (χ1) is 10.8. The average Bonchev–Trinajstić information content (AvgIpc) is 2.49. The van der Waals surface area contributed by atoms with Gasteiger partial charge in [-0.05, 0) is 38.5 Å². The van der Waals surface area contributed by atoms with Gasteiger partial charge in [0, 0.05) is 18.2 Å². The molecule has 0 saturated carbocycles. The van der Waals surface area contributed by atoms with Crippen molar-refractivity contribution in [3.05, 3.63) is 59.2 Å². The zero-order valence-electron chi connectivity index (χ0n) is 13.7. The number of rotatable bonds is 6. The summed E-state index contributed by atoms with van der Waals surface area (Å²) in [5, 5.41) is 13.2. The summed E-state index contributed by atoms with van der Waals surface area (Å²) in [7, 11) is -3.32. The fraction of sp³-hybridized carbons (Fsp3) is 0.333. The maximum absolute atomic E-state index is 12.4. The molecule has 0 spiro atoms. The van der Waals surface area contributed by atoms with Crippen LogP contribution < -0.4 is 5.32 Å². The second-order valence-corrected chi connectivity index (χ2v) is 7.99. The molecule has 23 heavy (non-hydrogen) atoms. The van der Waals surface area contributed by atoms with Crippen LogP contribution in [0.1, 0.15) is 23.6 Å². The van der Waals surface area contributed by atoms with E-state index in [1.807, 2.05) is 39.0 Å². The van der Waals surface area contributed by atoms with Gasteiger partial charge in [-0.3, -0.25) is 0 Å². The van der Waals surface area contributed by atoms with Gasteiger partial charge in [0.1, 0.15) is 5.75 Å². The quantitative estimate of drug-likeness (QED) is 0.853. The number of phenolic OH excluding ortho intramolecular Hbond substituents is 1. The number of hydrogen-bond acceptors (Lipinski definition) is 4. The third kappa shape index (κ3) is 4.56. The molecule has 2 aromatic rings. The first-order valence-corrected chi connectivity index (χ1v) is 9.25. The van der Waals surface area contributed by atoms with E-state index in [0.717, 1.165) is 16.7 Å². The van der Waals surface area contributed by atoms with Crippen molar-refractivity contribution in [1.82, 2.24) is 5.32 Å². The van der Waals surface area contributed by atoms with Crippen LogP contribution in [-0.4, -0.2) is 25.3 Å². The summed E-state index contributed by atoms with van der Waals surface area (Å²) in [6.45, 7) is 6.02. The van der Waals surface area contributed by atoms with Gasteiger partial charge in [0.15, 0.2) is 9.84 Å². The Morgan fingerprint density at radius 2 is 1.74 bits per heavy atom. The van der Waals surface area contributed by atoms with Crippen LogP contribution in [0, 0.1) is 13.8 Å². The maximum atomic E-state index is 12.4. The fourth-order valence-electron chi connectivity index (χ4n) is 2.38. The van der Waals surface area contributed by atoms with Crippen molar-refractivity contribution in [1.29, 1.82) is 0 Å². The van der Waals surface area contributed by atoms with Crippen molar-refractivity contribution < 1.29 is 13.5 Å². The van der Waals surface area contributed by atoms with Crippen molar-refractivity contribution >= 4 is 9.84 Å². The van der Waals surface area contributed by atoms with E-state index >= 15 is 0 Å². The van der Waals surface area contributed by atoms with Gasteiger partial charge in [-0.2, -0.15) is 0 Å². The van der Waals surface area contributed by atoms with E-state index in [4.69, 9.17) is 0 Å². The molecule has 2 aromatic carbocycles. The zero-order valence-corrected chi connectivity index (χ0v) is 14.5. The van der Waals surface area contributed by atoms with Crippen LogP contribution in [0.25, 0.3) is 0 Å². The van der Waals surface area contributed by atoms with E-state index in [2.05, 4.69) is 5.32 Å². The molecule has 4 nitrogen and oxygen atoms in total. The highest BCUT2D eigenvalue weighted by Crippen LogP contribution is 2.21. The van der Waals surface area contributed by atoms with Gasteiger partial charge in [0.05, 0.1) is 10.6 Å². The molecule has 0 aliphatic carbocycles. The Bertz CT molecular complexity index is 767. The Morgan fingerprint density at radius 3 is 2.39 bits per heavy atom. The van der Waals surface area contributed by atoms with Crippen molar-refractivity contribution in [2.75, 3.05) is 5.75 Å². The van der Waals surface area contributed by atoms with E-state index in [-0.39, 0.29) is 17.5 Å². The van der Waals surface area contributed by atoms with Crippen molar-refractivity contribution in [2.45, 2.75) is 38.3 Å². The highest BCUT2D eigenvalue weighted by Gasteiger charge is 2.18. The lowest BCUT2D eigenvalue weighted by Crippen LogP contribution is -2.32. The van der Waals surface area contributed by atoms with Crippen molar-refractivity contribution in [3.8, 4) is 5.75 Å². The molecule has 0 aliphatic rings. The lowest BCUT2D eigenvalue weighted by Gasteiger charge is -2.15. The van der Waals surface area contributed by atoms with E-state index in [9.17, 15) is 13.5 Å². The normalized spacial score (nSPS) is 13.0. The number of aryl methyl sites for hydroxylation is 2. The molecular weight excluding hydrogens is 310 g/mol. The first kappa shape index (κ1) is 17.5. The molecule has 124 valence electrons. The third-order valence-corrected chi connectivity index (χ3v) is 5.74. The molecule has 0 bridgehead atoms. The molecule has 0 saturated heterocycles. The summed E-state index contributed by atoms with van der Waals surface area (Å²) in [6.07, 6.45) is 0. The SMILES string of the molecule is Cc1ccc(S(=O)(=O)C[C@H](C)NCc2cccc(C)c2O)cc1. The lowest BCUT2D eigenvalue weighted by molar-refractivity contribution is 0.457. The molecule has 5 heteroatoms. The van der Waals surface area contributed by atoms with Crippen LogP contribution in [0.15, 0.2) is 47.4 Å². The summed E-state index contributed by atoms with van der Waals surface area (Å²) in [6, 6.07) is 12.2. The minimum absolute atomic E-state index is 0.0165. The number of sulfone groups is 1. The number of phenols is 1. The number of para-hydroxylation sites is 1. The van der Waals surface area contributed by atoms with Crippen LogP contribution in [0.3, 0.4) is 0 Å². The topological polar surface area (TPSA) is 66.4 Å². The predicted molar refractivity (Wildman–Crippen MR) is 92.4 cm³/mol. The summed E-state index contributed by atoms with van der Waals surface area (Å²) >= 11 is 0. The molecule has 0 aliphatic heterocycles. The average molecular weight is 333 g/mol. The number of hydrogen-bond donors (Lipinski definition) is 2. The molecule has 0 amide bonds. The zero-order chi connectivity index (χ0) is 17.0. The second-order valence-electron chi connectivity index (χ2n) is 5.96. The third-order valence-electron chi connectivity index (χ3n) is 3.81. The van der Waals surface area contributed by atoms with Crippen LogP contribution in [0.4, 0.5) is 0 Å². The standard InChI is InChI=1S/C18H23NO3S/c1-13-7-9-17(10-8-13)23(21,22)12-15(3)19-11-16-6-4-5-14(2)18(16)20/h4-10,15,19-20H,11-12H2,1-3H3/t15-/m0/s1. The monoisotopic (exact) mass is 333 g/mol. The van der Waals surface area contributed by atoms with Gasteiger partial charge >= 0.3 is 0 Å². The van der Waals surface area contributed by atoms with E-state index in [0.29, 0.717) is 11.4 Å². The molecule has 0 radical (unpaired) electrons. The fourth-order valence-corrected chi connectivity index (χ4v) is 3.90. The number of aromatic hydroxyl groups is 1. The minimum atomic E-state index is -3.32. The Labute approximate surface area is 138 Å². The van der Waals surface area contributed by atoms with E-state index < -0.39 is 9.84 Å². The summed E-state index contributed by atoms with van der Waals surface area (Å²) in [5.74, 6) is 0.274. The Morgan fingerprint density at radius 1 is 1.09 bits per heavy atom. The van der Waals surface area contributed by atoms with Crippen molar-refractivity contribution in [3.63, 3.8) is 0 Å². The van der Waals surface area contributed by atoms with E-state index in [1.165, 1.54) is 0 Å². The molecule has 1 atom stereocenters. The number of nitrogens with one attached hydrogen (secondary N) is 1. The van der Waals surface area contributed by atoms with Gasteiger partial charge in [-0.1, -0.05) is 35.9 Å². The van der Waals surface area contributed by atoms with Crippen LogP contribution in [0.2, 0.25) is 0 Å². The molecule has 0 fully saturated rings. The molecule has 0 heterocycles. The van der Waals surface area contributed by atoms with Crippen molar-refractivity contribution in [2.24, 2.45) is 0 Å². The number of benzene rings is 2. The van der Waals surface area contributed by atoms with Crippen LogP contribution in [0.5, 0.6) is 5.75 Å². The summed E-state index contributed by atoms with van der Waals surface area (Å²) in [4.78, 5) is 0.343. The summed E-state index contributed by atoms with van der Waals surface area (Å²) in [5.41, 5.74) is 2.61. The van der Waals surface area contributed by atoms with Gasteiger partial charge < -0.3 is 10.4 Å². The second kappa shape index (κ2) is 7.15. The molecule has 0 unspecified atom stereocenters. The first-order valence-electron chi connectivity index (χ1n) is 7.60. The van der Waals surface area contributed by atoms with Gasteiger partial charge in [0.2, 0.25) is 0 Å². The Kier molecular flexibility index (Phi) is 5.44. The Hall–Kier alpha value is -1.85. The lowest BCUT2D eigenvalue weighted by atomic mass is 10.1. The van der Waals surface area contributed by atoms with E-state index in [1.54, 1.807) is 24.3 Å². The van der Waals surface area contributed by atoms with Gasteiger partial charge in [0.25, 0.3) is 0 Å². The van der Waals surface area contributed by atoms with Crippen LogP contribution >= 0.6 is 0 Å². The highest BCUT2D eigenvalue weighted by atomic mass is 32.2. The smallest absolute Gasteiger partial charge is 0.179 e. The molecule has 0 aromatic heterocycles. The predicted octanol–water partition coefficient (Wildman–Crippen LogP) is 2.96. The largest absolute Gasteiger partial charge is 0.507 e.